The Balaban J connectivity index is 2.22. The largest absolute Gasteiger partial charge is 0.379 e. The monoisotopic (exact) mass is 270 g/mol. The van der Waals surface area contributed by atoms with Crippen LogP contribution in [0, 0.1) is 5.92 Å². The molecule has 3 atom stereocenters. The van der Waals surface area contributed by atoms with Crippen molar-refractivity contribution in [3.8, 4) is 0 Å². The first-order valence-corrected chi connectivity index (χ1v) is 8.13. The zero-order valence-electron chi connectivity index (χ0n) is 13.6. The van der Waals surface area contributed by atoms with Crippen molar-refractivity contribution in [3.63, 3.8) is 0 Å². The molecule has 1 rings (SSSR count). The number of unbranched alkanes of at least 4 members (excludes halogenated alkanes) is 1. The van der Waals surface area contributed by atoms with E-state index < -0.39 is 0 Å². The van der Waals surface area contributed by atoms with Crippen LogP contribution in [0.2, 0.25) is 0 Å². The molecule has 3 unspecified atom stereocenters. The SMILES string of the molecule is CCC(C)C1CN(CCCCOC(C)C)C(C)CN1. The van der Waals surface area contributed by atoms with E-state index in [4.69, 9.17) is 4.74 Å². The molecule has 1 N–H and O–H groups in total. The summed E-state index contributed by atoms with van der Waals surface area (Å²) >= 11 is 0. The molecule has 0 aliphatic carbocycles. The lowest BCUT2D eigenvalue weighted by Gasteiger charge is -2.41. The van der Waals surface area contributed by atoms with Crippen LogP contribution in [-0.2, 0) is 4.74 Å². The number of hydrogen-bond donors (Lipinski definition) is 1. The summed E-state index contributed by atoms with van der Waals surface area (Å²) in [5.74, 6) is 0.777. The molecule has 0 radical (unpaired) electrons. The van der Waals surface area contributed by atoms with Gasteiger partial charge < -0.3 is 10.1 Å². The summed E-state index contributed by atoms with van der Waals surface area (Å²) in [6, 6.07) is 1.35. The zero-order chi connectivity index (χ0) is 14.3. The first-order chi connectivity index (χ1) is 9.04. The predicted octanol–water partition coefficient (Wildman–Crippen LogP) is 2.90. The number of ether oxygens (including phenoxy) is 1. The Hall–Kier alpha value is -0.120. The Morgan fingerprint density at radius 1 is 1.26 bits per heavy atom. The van der Waals surface area contributed by atoms with Crippen molar-refractivity contribution in [2.75, 3.05) is 26.2 Å². The highest BCUT2D eigenvalue weighted by Crippen LogP contribution is 2.16. The quantitative estimate of drug-likeness (QED) is 0.686. The molecule has 0 bridgehead atoms. The topological polar surface area (TPSA) is 24.5 Å². The minimum absolute atomic E-state index is 0.368. The van der Waals surface area contributed by atoms with Crippen LogP contribution >= 0.6 is 0 Å². The fourth-order valence-corrected chi connectivity index (χ4v) is 2.66. The van der Waals surface area contributed by atoms with Crippen LogP contribution in [0.5, 0.6) is 0 Å². The third kappa shape index (κ3) is 6.24. The van der Waals surface area contributed by atoms with Gasteiger partial charge in [-0.15, -0.1) is 0 Å². The summed E-state index contributed by atoms with van der Waals surface area (Å²) in [5.41, 5.74) is 0. The summed E-state index contributed by atoms with van der Waals surface area (Å²) < 4.78 is 5.60. The van der Waals surface area contributed by atoms with Crippen LogP contribution in [0.15, 0.2) is 0 Å². The molecule has 1 fully saturated rings. The number of piperazine rings is 1. The summed E-state index contributed by atoms with van der Waals surface area (Å²) in [4.78, 5) is 2.66. The van der Waals surface area contributed by atoms with E-state index in [-0.39, 0.29) is 0 Å². The van der Waals surface area contributed by atoms with Gasteiger partial charge in [-0.05, 0) is 46.1 Å². The predicted molar refractivity (Wildman–Crippen MR) is 82.6 cm³/mol. The van der Waals surface area contributed by atoms with Crippen LogP contribution < -0.4 is 5.32 Å². The molecule has 0 aromatic rings. The number of nitrogens with zero attached hydrogens (tertiary/aromatic N) is 1. The molecule has 1 aliphatic rings. The number of hydrogen-bond acceptors (Lipinski definition) is 3. The third-order valence-electron chi connectivity index (χ3n) is 4.35. The van der Waals surface area contributed by atoms with Crippen LogP contribution in [-0.4, -0.2) is 49.3 Å². The lowest BCUT2D eigenvalue weighted by Crippen LogP contribution is -2.57. The van der Waals surface area contributed by atoms with E-state index in [1.165, 1.54) is 32.4 Å². The minimum Gasteiger partial charge on any atom is -0.379 e. The molecule has 3 heteroatoms. The van der Waals surface area contributed by atoms with Crippen molar-refractivity contribution < 1.29 is 4.74 Å². The van der Waals surface area contributed by atoms with E-state index in [1.54, 1.807) is 0 Å². The first kappa shape index (κ1) is 16.9. The lowest BCUT2D eigenvalue weighted by atomic mass is 9.95. The number of rotatable bonds is 8. The summed E-state index contributed by atoms with van der Waals surface area (Å²) in [6.07, 6.45) is 4.07. The second-order valence-electron chi connectivity index (χ2n) is 6.37. The maximum atomic E-state index is 5.60. The van der Waals surface area contributed by atoms with Crippen molar-refractivity contribution in [3.05, 3.63) is 0 Å². The fraction of sp³-hybridized carbons (Fsp3) is 1.00. The second kappa shape index (κ2) is 8.93. The highest BCUT2D eigenvalue weighted by atomic mass is 16.5. The van der Waals surface area contributed by atoms with E-state index in [9.17, 15) is 0 Å². The van der Waals surface area contributed by atoms with Crippen LogP contribution in [0.25, 0.3) is 0 Å². The van der Waals surface area contributed by atoms with E-state index in [0.717, 1.165) is 19.1 Å². The van der Waals surface area contributed by atoms with Gasteiger partial charge in [0.2, 0.25) is 0 Å². The van der Waals surface area contributed by atoms with Gasteiger partial charge in [0, 0.05) is 31.8 Å². The first-order valence-electron chi connectivity index (χ1n) is 8.13. The maximum absolute atomic E-state index is 5.60. The van der Waals surface area contributed by atoms with Gasteiger partial charge in [-0.1, -0.05) is 20.3 Å². The molecule has 1 saturated heterocycles. The molecular weight excluding hydrogens is 236 g/mol. The van der Waals surface area contributed by atoms with Crippen molar-refractivity contribution >= 4 is 0 Å². The second-order valence-corrected chi connectivity index (χ2v) is 6.37. The highest BCUT2D eigenvalue weighted by molar-refractivity contribution is 4.86. The van der Waals surface area contributed by atoms with Gasteiger partial charge in [-0.3, -0.25) is 4.90 Å². The van der Waals surface area contributed by atoms with Crippen molar-refractivity contribution in [2.24, 2.45) is 5.92 Å². The van der Waals surface area contributed by atoms with Crippen LogP contribution in [0.3, 0.4) is 0 Å². The van der Waals surface area contributed by atoms with Gasteiger partial charge in [0.15, 0.2) is 0 Å². The van der Waals surface area contributed by atoms with Gasteiger partial charge in [0.25, 0.3) is 0 Å². The Morgan fingerprint density at radius 2 is 2.00 bits per heavy atom. The van der Waals surface area contributed by atoms with E-state index >= 15 is 0 Å². The van der Waals surface area contributed by atoms with Gasteiger partial charge >= 0.3 is 0 Å². The molecule has 0 aromatic carbocycles. The van der Waals surface area contributed by atoms with Crippen LogP contribution in [0.4, 0.5) is 0 Å². The van der Waals surface area contributed by atoms with E-state index in [1.807, 2.05) is 0 Å². The summed E-state index contributed by atoms with van der Waals surface area (Å²) in [5, 5.41) is 3.70. The van der Waals surface area contributed by atoms with Gasteiger partial charge in [0.1, 0.15) is 0 Å². The van der Waals surface area contributed by atoms with E-state index in [2.05, 4.69) is 44.8 Å². The Morgan fingerprint density at radius 3 is 2.63 bits per heavy atom. The summed E-state index contributed by atoms with van der Waals surface area (Å²) in [7, 11) is 0. The normalized spacial score (nSPS) is 26.8. The molecule has 0 amide bonds. The molecule has 19 heavy (non-hydrogen) atoms. The van der Waals surface area contributed by atoms with Gasteiger partial charge in [0.05, 0.1) is 6.10 Å². The molecular formula is C16H34N2O. The van der Waals surface area contributed by atoms with Crippen molar-refractivity contribution in [1.29, 1.82) is 0 Å². The molecule has 0 saturated carbocycles. The smallest absolute Gasteiger partial charge is 0.0518 e. The Labute approximate surface area is 120 Å². The Bertz CT molecular complexity index is 233. The van der Waals surface area contributed by atoms with Crippen molar-refractivity contribution in [1.82, 2.24) is 10.2 Å². The summed E-state index contributed by atoms with van der Waals surface area (Å²) in [6.45, 7) is 15.7. The van der Waals surface area contributed by atoms with Gasteiger partial charge in [-0.25, -0.2) is 0 Å². The average molecular weight is 270 g/mol. The van der Waals surface area contributed by atoms with Crippen LogP contribution in [0.1, 0.15) is 53.9 Å². The number of nitrogens with one attached hydrogen (secondary N) is 1. The molecule has 0 spiro atoms. The maximum Gasteiger partial charge on any atom is 0.0518 e. The molecule has 0 aromatic heterocycles. The zero-order valence-corrected chi connectivity index (χ0v) is 13.6. The van der Waals surface area contributed by atoms with Gasteiger partial charge in [-0.2, -0.15) is 0 Å². The molecule has 1 aliphatic heterocycles. The lowest BCUT2D eigenvalue weighted by molar-refractivity contribution is 0.0693. The standard InChI is InChI=1S/C16H34N2O/c1-6-14(4)16-12-18(15(5)11-17-16)9-7-8-10-19-13(2)3/h13-17H,6-12H2,1-5H3. The molecule has 3 nitrogen and oxygen atoms in total. The Kier molecular flexibility index (Phi) is 7.96. The third-order valence-corrected chi connectivity index (χ3v) is 4.35. The van der Waals surface area contributed by atoms with Crippen molar-refractivity contribution in [2.45, 2.75) is 72.1 Å². The highest BCUT2D eigenvalue weighted by Gasteiger charge is 2.26. The average Bonchev–Trinajstić information content (AvgIpc) is 2.39. The fourth-order valence-electron chi connectivity index (χ4n) is 2.66. The molecule has 114 valence electrons. The van der Waals surface area contributed by atoms with E-state index in [0.29, 0.717) is 18.2 Å². The molecule has 1 heterocycles. The minimum atomic E-state index is 0.368.